The Hall–Kier alpha value is -2.60. The van der Waals surface area contributed by atoms with Gasteiger partial charge in [0.25, 0.3) is 0 Å². The Morgan fingerprint density at radius 3 is 1.44 bits per heavy atom. The van der Waals surface area contributed by atoms with Crippen LogP contribution in [0.3, 0.4) is 0 Å². The van der Waals surface area contributed by atoms with Gasteiger partial charge in [-0.15, -0.1) is 0 Å². The molecule has 0 unspecified atom stereocenters. The highest BCUT2D eigenvalue weighted by molar-refractivity contribution is 5.88. The lowest BCUT2D eigenvalue weighted by molar-refractivity contribution is -0.132. The van der Waals surface area contributed by atoms with Crippen LogP contribution in [0.25, 0.3) is 0 Å². The van der Waals surface area contributed by atoms with Gasteiger partial charge in [-0.2, -0.15) is 0 Å². The van der Waals surface area contributed by atoms with Gasteiger partial charge < -0.3 is 55.8 Å². The van der Waals surface area contributed by atoms with Gasteiger partial charge in [-0.1, -0.05) is 0 Å². The second kappa shape index (κ2) is 26.9. The van der Waals surface area contributed by atoms with E-state index in [1.165, 1.54) is 0 Å². The fourth-order valence-corrected chi connectivity index (χ4v) is 5.93. The summed E-state index contributed by atoms with van der Waals surface area (Å²) in [6, 6.07) is -0.819. The molecule has 0 saturated heterocycles. The molecule has 0 rings (SSSR count). The first-order valence-electron chi connectivity index (χ1n) is 22.3. The number of nitrogens with one attached hydrogen (secondary N) is 4. The van der Waals surface area contributed by atoms with Gasteiger partial charge in [0.1, 0.15) is 17.4 Å². The van der Waals surface area contributed by atoms with Crippen LogP contribution in [-0.4, -0.2) is 122 Å². The van der Waals surface area contributed by atoms with Crippen molar-refractivity contribution in [1.29, 1.82) is 0 Å². The molecule has 1 atom stereocenters. The van der Waals surface area contributed by atoms with Crippen molar-refractivity contribution in [3.63, 3.8) is 0 Å². The van der Waals surface area contributed by atoms with E-state index in [2.05, 4.69) is 21.3 Å². The van der Waals surface area contributed by atoms with E-state index in [1.54, 1.807) is 34.6 Å². The molecule has 0 heterocycles. The number of alkyl carbamates (subject to hydrolysis) is 1. The van der Waals surface area contributed by atoms with Crippen LogP contribution in [0.2, 0.25) is 0 Å². The van der Waals surface area contributed by atoms with E-state index in [9.17, 15) is 19.2 Å². The molecule has 4 amide bonds. The van der Waals surface area contributed by atoms with Crippen molar-refractivity contribution < 1.29 is 47.6 Å². The second-order valence-electron chi connectivity index (χ2n) is 20.6. The smallest absolute Gasteiger partial charge is 0.409 e. The summed E-state index contributed by atoms with van der Waals surface area (Å²) >= 11 is 0. The molecule has 0 fully saturated rings. The summed E-state index contributed by atoms with van der Waals surface area (Å²) in [6.45, 7) is 31.7. The van der Waals surface area contributed by atoms with E-state index in [0.29, 0.717) is 71.4 Å². The summed E-state index contributed by atoms with van der Waals surface area (Å²) in [5.74, 6) is -0.768. The molecule has 0 aliphatic rings. The number of amides is 4. The van der Waals surface area contributed by atoms with Crippen LogP contribution in [0.5, 0.6) is 0 Å². The van der Waals surface area contributed by atoms with Gasteiger partial charge in [-0.05, 0) is 168 Å². The van der Waals surface area contributed by atoms with Gasteiger partial charge in [-0.3, -0.25) is 19.7 Å². The van der Waals surface area contributed by atoms with Gasteiger partial charge in [0.2, 0.25) is 17.7 Å². The molecule has 0 aromatic heterocycles. The number of carbonyl (C=O) groups excluding carboxylic acids is 4. The maximum Gasteiger partial charge on any atom is 0.409 e. The fraction of sp³-hybridized carbons (Fsp3) is 0.911. The van der Waals surface area contributed by atoms with Crippen molar-refractivity contribution >= 4 is 23.8 Å². The van der Waals surface area contributed by atoms with Gasteiger partial charge in [-0.25, -0.2) is 4.79 Å². The zero-order chi connectivity index (χ0) is 47.2. The van der Waals surface area contributed by atoms with Gasteiger partial charge in [0.15, 0.2) is 0 Å². The molecule has 0 bridgehead atoms. The van der Waals surface area contributed by atoms with E-state index in [-0.39, 0.29) is 61.6 Å². The minimum Gasteiger partial charge on any atom is -0.444 e. The number of carbonyl (C=O) groups is 4. The highest BCUT2D eigenvalue weighted by Crippen LogP contribution is 2.21. The average Bonchev–Trinajstić information content (AvgIpc) is 3.05. The van der Waals surface area contributed by atoms with E-state index in [4.69, 9.17) is 39.9 Å². The van der Waals surface area contributed by atoms with Crippen LogP contribution < -0.4 is 32.7 Å². The number of hydrogen-bond acceptors (Lipinski definition) is 12. The zero-order valence-electron chi connectivity index (χ0n) is 41.0. The van der Waals surface area contributed by atoms with Crippen molar-refractivity contribution in [2.24, 2.45) is 11.5 Å². The van der Waals surface area contributed by atoms with Gasteiger partial charge >= 0.3 is 6.09 Å². The van der Waals surface area contributed by atoms with Crippen molar-refractivity contribution in [2.75, 3.05) is 52.7 Å². The largest absolute Gasteiger partial charge is 0.444 e. The summed E-state index contributed by atoms with van der Waals surface area (Å²) in [5, 5.41) is 11.6. The topological polar surface area (TPSA) is 224 Å². The second-order valence-corrected chi connectivity index (χ2v) is 20.6. The molecule has 0 spiro atoms. The van der Waals surface area contributed by atoms with E-state index < -0.39 is 40.2 Å². The number of nitrogens with two attached hydrogens (primary N) is 2. The number of rotatable bonds is 33. The summed E-state index contributed by atoms with van der Waals surface area (Å²) < 4.78 is 35.3. The zero-order valence-corrected chi connectivity index (χ0v) is 41.0. The molecule has 0 aromatic carbocycles. The molecule has 360 valence electrons. The summed E-state index contributed by atoms with van der Waals surface area (Å²) in [4.78, 5) is 51.8. The molecule has 0 aromatic rings. The Kier molecular flexibility index (Phi) is 25.7. The molecule has 8 N–H and O–H groups in total. The lowest BCUT2D eigenvalue weighted by Crippen LogP contribution is -2.54. The molecule has 0 aliphatic carbocycles. The third kappa shape index (κ3) is 31.8. The summed E-state index contributed by atoms with van der Waals surface area (Å²) in [7, 11) is 0. The van der Waals surface area contributed by atoms with Crippen LogP contribution in [0.1, 0.15) is 168 Å². The minimum absolute atomic E-state index is 0.0674. The molecular weight excluding hydrogens is 785 g/mol. The number of ether oxygens (including phenoxy) is 6. The van der Waals surface area contributed by atoms with E-state index in [1.807, 2.05) is 69.2 Å². The maximum atomic E-state index is 13.7. The summed E-state index contributed by atoms with van der Waals surface area (Å²) in [5.41, 5.74) is 7.40. The number of unbranched alkanes of at least 4 members (excludes halogenated alkanes) is 1. The number of hydrogen-bond donors (Lipinski definition) is 6. The molecular formula is C45H90N6O10. The summed E-state index contributed by atoms with van der Waals surface area (Å²) in [6.07, 6.45) is 4.46. The third-order valence-electron chi connectivity index (χ3n) is 9.88. The van der Waals surface area contributed by atoms with Gasteiger partial charge in [0.05, 0.1) is 61.9 Å². The Morgan fingerprint density at radius 2 is 0.967 bits per heavy atom. The molecule has 16 nitrogen and oxygen atoms in total. The van der Waals surface area contributed by atoms with Crippen LogP contribution in [0.15, 0.2) is 0 Å². The lowest BCUT2D eigenvalue weighted by atomic mass is 9.99. The first-order chi connectivity index (χ1) is 27.8. The molecule has 61 heavy (non-hydrogen) atoms. The highest BCUT2D eigenvalue weighted by atomic mass is 16.6. The SMILES string of the molecule is CC(C)(CCOC(C)(C)NC(=O)OC(C)(C)C)NC(=O)[C@H](CCCCNC(=O)CCOC(C)(C)CCOC(C)(C)CCN)NC(=O)CCOC(C)(C)CCOC(C)(C)CCN. The molecule has 0 saturated carbocycles. The van der Waals surface area contributed by atoms with Crippen LogP contribution >= 0.6 is 0 Å². The van der Waals surface area contributed by atoms with E-state index in [0.717, 1.165) is 12.8 Å². The van der Waals surface area contributed by atoms with Crippen molar-refractivity contribution in [2.45, 2.75) is 213 Å². The van der Waals surface area contributed by atoms with Crippen LogP contribution in [0.4, 0.5) is 4.79 Å². The molecule has 0 aliphatic heterocycles. The first kappa shape index (κ1) is 58.4. The predicted octanol–water partition coefficient (Wildman–Crippen LogP) is 5.76. The van der Waals surface area contributed by atoms with E-state index >= 15 is 0 Å². The van der Waals surface area contributed by atoms with Crippen LogP contribution in [-0.2, 0) is 42.8 Å². The monoisotopic (exact) mass is 875 g/mol. The highest BCUT2D eigenvalue weighted by Gasteiger charge is 2.30. The standard InChI is InChI=1S/C45H90N6O10/c1-39(2,3)61-38(55)51-45(14,15)60-31-23-40(4,5)50-37(54)34(49-36(53)20-30-57-44(12,13)25-33-59-42(8,9)22-27-47)18-16-17-28-48-35(52)19-29-56-43(10,11)24-32-58-41(6,7)21-26-46/h34H,16-33,46-47H2,1-15H3,(H,48,52)(H,49,53)(H,50,54)(H,51,55)/t34-/m0/s1. The molecule has 16 heteroatoms. The van der Waals surface area contributed by atoms with Gasteiger partial charge in [0, 0.05) is 18.5 Å². The lowest BCUT2D eigenvalue weighted by Gasteiger charge is -2.32. The normalized spacial score (nSPS) is 13.7. The Bertz CT molecular complexity index is 1300. The Labute approximate surface area is 369 Å². The minimum atomic E-state index is -1.01. The Morgan fingerprint density at radius 1 is 0.525 bits per heavy atom. The quantitative estimate of drug-likeness (QED) is 0.0342. The average molecular weight is 875 g/mol. The first-order valence-corrected chi connectivity index (χ1v) is 22.3. The van der Waals surface area contributed by atoms with Crippen molar-refractivity contribution in [1.82, 2.24) is 21.3 Å². The maximum absolute atomic E-state index is 13.7. The fourth-order valence-electron chi connectivity index (χ4n) is 5.93. The predicted molar refractivity (Wildman–Crippen MR) is 241 cm³/mol. The van der Waals surface area contributed by atoms with Crippen LogP contribution in [0, 0.1) is 0 Å². The van der Waals surface area contributed by atoms with Crippen molar-refractivity contribution in [3.8, 4) is 0 Å². The Balaban J connectivity index is 5.25. The molecule has 0 radical (unpaired) electrons. The third-order valence-corrected chi connectivity index (χ3v) is 9.88. The van der Waals surface area contributed by atoms with Crippen molar-refractivity contribution in [3.05, 3.63) is 0 Å².